The molecule has 4 rings (SSSR count). The number of rotatable bonds is 5. The van der Waals surface area contributed by atoms with Crippen molar-refractivity contribution in [3.63, 3.8) is 0 Å². The number of hydrogen-bond donors (Lipinski definition) is 1. The summed E-state index contributed by atoms with van der Waals surface area (Å²) in [5.74, 6) is 0.428. The molecule has 0 bridgehead atoms. The van der Waals surface area contributed by atoms with Gasteiger partial charge in [-0.2, -0.15) is 0 Å². The number of anilines is 1. The Labute approximate surface area is 175 Å². The normalized spacial score (nSPS) is 19.1. The average molecular weight is 414 g/mol. The van der Waals surface area contributed by atoms with Gasteiger partial charge >= 0.3 is 0 Å². The molecule has 2 aliphatic heterocycles. The Hall–Kier alpha value is -2.64. The average Bonchev–Trinajstić information content (AvgIpc) is 3.11. The van der Waals surface area contributed by atoms with Crippen molar-refractivity contribution in [2.24, 2.45) is 0 Å². The van der Waals surface area contributed by atoms with E-state index in [2.05, 4.69) is 15.2 Å². The first-order valence-electron chi connectivity index (χ1n) is 9.85. The van der Waals surface area contributed by atoms with Gasteiger partial charge in [-0.05, 0) is 38.6 Å². The van der Waals surface area contributed by atoms with E-state index in [-0.39, 0.29) is 17.9 Å². The van der Waals surface area contributed by atoms with Crippen LogP contribution < -0.4 is 5.32 Å². The first-order valence-corrected chi connectivity index (χ1v) is 10.2. The highest BCUT2D eigenvalue weighted by atomic mass is 35.5. The first-order chi connectivity index (χ1) is 14.0. The number of nitrogens with zero attached hydrogens (tertiary/aromatic N) is 4. The summed E-state index contributed by atoms with van der Waals surface area (Å²) >= 11 is 6.13. The molecule has 1 fully saturated rings. The molecule has 1 saturated heterocycles. The predicted molar refractivity (Wildman–Crippen MR) is 112 cm³/mol. The SMILES string of the molecule is C[C@H]1c2ncc(C(=O)Nc3ccccc3Cl)n2CCN1C(=O)/C=C/CN1CCC1. The van der Waals surface area contributed by atoms with Crippen LogP contribution in [-0.2, 0) is 11.3 Å². The molecule has 2 amide bonds. The number of amides is 2. The number of aromatic nitrogens is 2. The summed E-state index contributed by atoms with van der Waals surface area (Å²) in [7, 11) is 0. The van der Waals surface area contributed by atoms with E-state index in [0.717, 1.165) is 19.6 Å². The Balaban J connectivity index is 1.44. The number of imidazole rings is 1. The van der Waals surface area contributed by atoms with E-state index >= 15 is 0 Å². The topological polar surface area (TPSA) is 70.5 Å². The van der Waals surface area contributed by atoms with E-state index in [1.807, 2.05) is 29.7 Å². The summed E-state index contributed by atoms with van der Waals surface area (Å²) in [6, 6.07) is 6.90. The second-order valence-corrected chi connectivity index (χ2v) is 7.76. The van der Waals surface area contributed by atoms with E-state index in [9.17, 15) is 9.59 Å². The number of likely N-dealkylation sites (tertiary alicyclic amines) is 1. The van der Waals surface area contributed by atoms with Crippen molar-refractivity contribution in [3.05, 3.63) is 59.2 Å². The quantitative estimate of drug-likeness (QED) is 0.765. The second-order valence-electron chi connectivity index (χ2n) is 7.35. The van der Waals surface area contributed by atoms with Gasteiger partial charge in [-0.3, -0.25) is 14.5 Å². The molecule has 2 aromatic rings. The summed E-state index contributed by atoms with van der Waals surface area (Å²) in [5.41, 5.74) is 1.02. The van der Waals surface area contributed by atoms with Crippen LogP contribution in [0.4, 0.5) is 5.69 Å². The van der Waals surface area contributed by atoms with Crippen LogP contribution in [0.5, 0.6) is 0 Å². The van der Waals surface area contributed by atoms with Gasteiger partial charge in [0.1, 0.15) is 11.5 Å². The van der Waals surface area contributed by atoms with E-state index in [1.165, 1.54) is 6.42 Å². The van der Waals surface area contributed by atoms with Crippen LogP contribution in [0.1, 0.15) is 35.7 Å². The van der Waals surface area contributed by atoms with Gasteiger partial charge in [-0.25, -0.2) is 4.98 Å². The number of carbonyl (C=O) groups excluding carboxylic acids is 2. The van der Waals surface area contributed by atoms with Gasteiger partial charge in [0.05, 0.1) is 22.9 Å². The molecule has 8 heteroatoms. The number of para-hydroxylation sites is 1. The largest absolute Gasteiger partial charge is 0.327 e. The van der Waals surface area contributed by atoms with Crippen molar-refractivity contribution in [2.45, 2.75) is 25.9 Å². The second kappa shape index (κ2) is 8.39. The maximum absolute atomic E-state index is 12.7. The lowest BCUT2D eigenvalue weighted by Crippen LogP contribution is -2.41. The van der Waals surface area contributed by atoms with Crippen LogP contribution in [-0.4, -0.2) is 57.3 Å². The molecule has 1 N–H and O–H groups in total. The molecule has 3 heterocycles. The van der Waals surface area contributed by atoms with Crippen molar-refractivity contribution in [1.82, 2.24) is 19.4 Å². The zero-order chi connectivity index (χ0) is 20.4. The number of nitrogens with one attached hydrogen (secondary N) is 1. The number of carbonyl (C=O) groups is 2. The van der Waals surface area contributed by atoms with E-state index in [4.69, 9.17) is 11.6 Å². The molecule has 2 aliphatic rings. The lowest BCUT2D eigenvalue weighted by Gasteiger charge is -2.34. The first kappa shape index (κ1) is 19.7. The molecule has 1 aromatic carbocycles. The fourth-order valence-electron chi connectivity index (χ4n) is 3.69. The minimum Gasteiger partial charge on any atom is -0.327 e. The molecule has 1 atom stereocenters. The third-order valence-electron chi connectivity index (χ3n) is 5.50. The minimum atomic E-state index is -0.265. The highest BCUT2D eigenvalue weighted by molar-refractivity contribution is 6.33. The third kappa shape index (κ3) is 4.06. The number of benzene rings is 1. The van der Waals surface area contributed by atoms with Gasteiger partial charge in [0.15, 0.2) is 0 Å². The zero-order valence-electron chi connectivity index (χ0n) is 16.3. The van der Waals surface area contributed by atoms with Gasteiger partial charge in [0.25, 0.3) is 5.91 Å². The number of fused-ring (bicyclic) bond motifs is 1. The van der Waals surface area contributed by atoms with E-state index in [0.29, 0.717) is 35.3 Å². The molecule has 1 aromatic heterocycles. The van der Waals surface area contributed by atoms with Crippen molar-refractivity contribution in [3.8, 4) is 0 Å². The standard InChI is InChI=1S/C21H24ClN5O2/c1-15-20-23-14-18(21(29)24-17-7-3-2-6-16(17)22)27(20)13-12-26(15)19(28)8-4-9-25-10-5-11-25/h2-4,6-8,14-15H,5,9-13H2,1H3,(H,24,29)/b8-4+/t15-/m0/s1. The van der Waals surface area contributed by atoms with Crippen molar-refractivity contribution in [1.29, 1.82) is 0 Å². The van der Waals surface area contributed by atoms with Crippen LogP contribution in [0.15, 0.2) is 42.6 Å². The van der Waals surface area contributed by atoms with Crippen molar-refractivity contribution >= 4 is 29.1 Å². The maximum Gasteiger partial charge on any atom is 0.273 e. The highest BCUT2D eigenvalue weighted by Crippen LogP contribution is 2.27. The van der Waals surface area contributed by atoms with Crippen molar-refractivity contribution in [2.75, 3.05) is 31.5 Å². The summed E-state index contributed by atoms with van der Waals surface area (Å²) in [6.07, 6.45) is 6.38. The van der Waals surface area contributed by atoms with Gasteiger partial charge in [0.2, 0.25) is 5.91 Å². The zero-order valence-corrected chi connectivity index (χ0v) is 17.1. The summed E-state index contributed by atoms with van der Waals surface area (Å²) in [6.45, 7) is 6.02. The van der Waals surface area contributed by atoms with Crippen LogP contribution in [0.25, 0.3) is 0 Å². The number of halogens is 1. The Kier molecular flexibility index (Phi) is 5.69. The molecule has 29 heavy (non-hydrogen) atoms. The molecule has 0 radical (unpaired) electrons. The predicted octanol–water partition coefficient (Wildman–Crippen LogP) is 2.95. The summed E-state index contributed by atoms with van der Waals surface area (Å²) < 4.78 is 1.88. The maximum atomic E-state index is 12.7. The monoisotopic (exact) mass is 413 g/mol. The third-order valence-corrected chi connectivity index (χ3v) is 5.83. The molecule has 0 unspecified atom stereocenters. The van der Waals surface area contributed by atoms with E-state index in [1.54, 1.807) is 29.3 Å². The van der Waals surface area contributed by atoms with E-state index < -0.39 is 0 Å². The highest BCUT2D eigenvalue weighted by Gasteiger charge is 2.31. The summed E-state index contributed by atoms with van der Waals surface area (Å²) in [5, 5.41) is 3.31. The smallest absolute Gasteiger partial charge is 0.273 e. The van der Waals surface area contributed by atoms with Crippen LogP contribution in [0.3, 0.4) is 0 Å². The Morgan fingerprint density at radius 3 is 2.76 bits per heavy atom. The minimum absolute atomic E-state index is 0.0191. The molecule has 7 nitrogen and oxygen atoms in total. The lowest BCUT2D eigenvalue weighted by molar-refractivity contribution is -0.129. The van der Waals surface area contributed by atoms with Crippen molar-refractivity contribution < 1.29 is 9.59 Å². The van der Waals surface area contributed by atoms with Gasteiger partial charge in [-0.1, -0.05) is 29.8 Å². The molecule has 0 saturated carbocycles. The Morgan fingerprint density at radius 2 is 2.03 bits per heavy atom. The van der Waals surface area contributed by atoms with Gasteiger partial charge in [0, 0.05) is 25.7 Å². The van der Waals surface area contributed by atoms with Crippen LogP contribution in [0.2, 0.25) is 5.02 Å². The Bertz CT molecular complexity index is 950. The van der Waals surface area contributed by atoms with Crippen LogP contribution in [0, 0.1) is 0 Å². The van der Waals surface area contributed by atoms with Gasteiger partial charge in [-0.15, -0.1) is 0 Å². The Morgan fingerprint density at radius 1 is 1.24 bits per heavy atom. The molecular weight excluding hydrogens is 390 g/mol. The molecule has 0 aliphatic carbocycles. The molecule has 152 valence electrons. The fourth-order valence-corrected chi connectivity index (χ4v) is 3.88. The molecule has 0 spiro atoms. The number of hydrogen-bond acceptors (Lipinski definition) is 4. The van der Waals surface area contributed by atoms with Gasteiger partial charge < -0.3 is 14.8 Å². The fraction of sp³-hybridized carbons (Fsp3) is 0.381. The molecular formula is C21H24ClN5O2. The van der Waals surface area contributed by atoms with Crippen LogP contribution >= 0.6 is 11.6 Å². The lowest BCUT2D eigenvalue weighted by atomic mass is 10.2. The summed E-state index contributed by atoms with van der Waals surface area (Å²) in [4.78, 5) is 33.9.